The van der Waals surface area contributed by atoms with Crippen LogP contribution in [0.15, 0.2) is 73.3 Å². The molecule has 2 fully saturated rings. The molecule has 2 saturated heterocycles. The van der Waals surface area contributed by atoms with Gasteiger partial charge in [-0.25, -0.2) is 4.98 Å². The maximum Gasteiger partial charge on any atom is 0.272 e. The number of fused-ring (bicyclic) bond motifs is 1. The minimum Gasteiger partial charge on any atom is -0.490 e. The molecule has 3 aliphatic heterocycles. The number of anilines is 2. The largest absolute Gasteiger partial charge is 0.490 e. The Morgan fingerprint density at radius 3 is 1.93 bits per heavy atom. The lowest BCUT2D eigenvalue weighted by Crippen LogP contribution is -2.39. The van der Waals surface area contributed by atoms with E-state index in [4.69, 9.17) is 19.3 Å². The van der Waals surface area contributed by atoms with Crippen molar-refractivity contribution in [2.75, 3.05) is 50.1 Å². The number of rotatable bonds is 14. The van der Waals surface area contributed by atoms with Crippen LogP contribution in [0.2, 0.25) is 0 Å². The van der Waals surface area contributed by atoms with Crippen LogP contribution in [-0.2, 0) is 26.7 Å². The van der Waals surface area contributed by atoms with Crippen molar-refractivity contribution in [3.63, 3.8) is 0 Å². The van der Waals surface area contributed by atoms with Gasteiger partial charge in [-0.15, -0.1) is 20.4 Å². The van der Waals surface area contributed by atoms with E-state index in [1.165, 1.54) is 0 Å². The standard InChI is InChI=1S/C48H53N13O6/c1-29-20-39(46(62)51-24-31-8-14-49-15-9-31)53-55-45(29)61-18-12-34(13-19-61)67-42-23-36-32(27-58(3)48(36)64)22-37(42)38-28-59(4)57-41(38)26-52-47(63)40-21-30(2)44(56-54-40)60-16-10-33(11-17-60)66-35-6-7-43(65-5)50-25-35/h6-9,14-15,20-23,25,28,33-34H,10-13,16-19,24,26-27H2,1-5H3,(H,51,62)(H,52,63). The van der Waals surface area contributed by atoms with Crippen molar-refractivity contribution in [2.45, 2.75) is 71.4 Å². The predicted molar refractivity (Wildman–Crippen MR) is 247 cm³/mol. The lowest BCUT2D eigenvalue weighted by molar-refractivity contribution is 0.0815. The van der Waals surface area contributed by atoms with Gasteiger partial charge in [0.15, 0.2) is 23.0 Å². The van der Waals surface area contributed by atoms with Crippen LogP contribution in [0.5, 0.6) is 17.4 Å². The van der Waals surface area contributed by atoms with E-state index in [0.29, 0.717) is 67.7 Å². The Hall–Kier alpha value is -7.70. The van der Waals surface area contributed by atoms with Crippen molar-refractivity contribution in [1.29, 1.82) is 0 Å². The number of hydrogen-bond donors (Lipinski definition) is 2. The molecule has 0 bridgehead atoms. The molecule has 9 rings (SSSR count). The molecule has 3 aliphatic rings. The summed E-state index contributed by atoms with van der Waals surface area (Å²) in [6, 6.07) is 14.7. The fraction of sp³-hybridized carbons (Fsp3) is 0.375. The zero-order valence-corrected chi connectivity index (χ0v) is 38.2. The molecule has 67 heavy (non-hydrogen) atoms. The maximum atomic E-state index is 13.6. The van der Waals surface area contributed by atoms with Gasteiger partial charge in [-0.2, -0.15) is 5.10 Å². The summed E-state index contributed by atoms with van der Waals surface area (Å²) in [5, 5.41) is 28.2. The molecule has 5 aromatic heterocycles. The van der Waals surface area contributed by atoms with E-state index in [0.717, 1.165) is 70.9 Å². The number of carbonyl (C=O) groups is 3. The third kappa shape index (κ3) is 9.95. The zero-order chi connectivity index (χ0) is 46.6. The van der Waals surface area contributed by atoms with Gasteiger partial charge in [-0.1, -0.05) is 0 Å². The number of ether oxygens (including phenoxy) is 3. The number of aryl methyl sites for hydroxylation is 3. The topological polar surface area (TPSA) is 208 Å². The van der Waals surface area contributed by atoms with E-state index < -0.39 is 0 Å². The molecular formula is C48H53N13O6. The van der Waals surface area contributed by atoms with E-state index in [9.17, 15) is 14.4 Å². The summed E-state index contributed by atoms with van der Waals surface area (Å²) in [6.45, 7) is 7.59. The van der Waals surface area contributed by atoms with Crippen molar-refractivity contribution >= 4 is 29.4 Å². The van der Waals surface area contributed by atoms with Crippen molar-refractivity contribution in [2.24, 2.45) is 7.05 Å². The number of hydrogen-bond acceptors (Lipinski definition) is 15. The van der Waals surface area contributed by atoms with Gasteiger partial charge >= 0.3 is 0 Å². The summed E-state index contributed by atoms with van der Waals surface area (Å²) < 4.78 is 19.8. The quantitative estimate of drug-likeness (QED) is 0.153. The summed E-state index contributed by atoms with van der Waals surface area (Å²) in [5.74, 6) is 2.55. The first kappa shape index (κ1) is 44.5. The molecule has 8 heterocycles. The van der Waals surface area contributed by atoms with Gasteiger partial charge in [0.25, 0.3) is 17.7 Å². The number of benzene rings is 1. The second kappa shape index (κ2) is 19.4. The molecule has 2 N–H and O–H groups in total. The maximum absolute atomic E-state index is 13.6. The van der Waals surface area contributed by atoms with Gasteiger partial charge in [0.2, 0.25) is 5.88 Å². The average Bonchev–Trinajstić information content (AvgIpc) is 3.86. The summed E-state index contributed by atoms with van der Waals surface area (Å²) in [7, 11) is 5.20. The number of piperidine rings is 2. The second-order valence-corrected chi connectivity index (χ2v) is 17.2. The normalized spacial score (nSPS) is 15.4. The third-order valence-corrected chi connectivity index (χ3v) is 12.4. The minimum absolute atomic E-state index is 0.0472. The van der Waals surface area contributed by atoms with Gasteiger partial charge in [0.05, 0.1) is 25.5 Å². The molecule has 0 spiro atoms. The van der Waals surface area contributed by atoms with Crippen LogP contribution in [0.1, 0.15) is 85.0 Å². The zero-order valence-electron chi connectivity index (χ0n) is 38.2. The molecule has 0 unspecified atom stereocenters. The Bertz CT molecular complexity index is 2770. The number of methoxy groups -OCH3 is 1. The van der Waals surface area contributed by atoms with Crippen LogP contribution in [0.4, 0.5) is 11.6 Å². The van der Waals surface area contributed by atoms with Crippen LogP contribution < -0.4 is 34.6 Å². The van der Waals surface area contributed by atoms with Crippen molar-refractivity contribution in [3.8, 4) is 28.5 Å². The van der Waals surface area contributed by atoms with Gasteiger partial charge in [0.1, 0.15) is 23.7 Å². The Labute approximate surface area is 387 Å². The van der Waals surface area contributed by atoms with Crippen LogP contribution in [-0.4, -0.2) is 115 Å². The lowest BCUT2D eigenvalue weighted by atomic mass is 9.98. The molecular weight excluding hydrogens is 855 g/mol. The summed E-state index contributed by atoms with van der Waals surface area (Å²) >= 11 is 0. The summed E-state index contributed by atoms with van der Waals surface area (Å²) in [6.07, 6.45) is 9.81. The fourth-order valence-electron chi connectivity index (χ4n) is 8.82. The van der Waals surface area contributed by atoms with Gasteiger partial charge < -0.3 is 39.5 Å². The highest BCUT2D eigenvalue weighted by Gasteiger charge is 2.31. The molecule has 0 atom stereocenters. The molecule has 0 aliphatic carbocycles. The van der Waals surface area contributed by atoms with Gasteiger partial charge in [-0.05, 0) is 78.6 Å². The molecule has 3 amide bonds. The second-order valence-electron chi connectivity index (χ2n) is 17.2. The monoisotopic (exact) mass is 907 g/mol. The van der Waals surface area contributed by atoms with Crippen LogP contribution >= 0.6 is 0 Å². The first-order valence-electron chi connectivity index (χ1n) is 22.4. The Morgan fingerprint density at radius 1 is 0.731 bits per heavy atom. The molecule has 1 aromatic carbocycles. The van der Waals surface area contributed by atoms with Crippen LogP contribution in [0.25, 0.3) is 11.1 Å². The molecule has 19 nitrogen and oxygen atoms in total. The Morgan fingerprint density at radius 2 is 1.34 bits per heavy atom. The lowest BCUT2D eigenvalue weighted by Gasteiger charge is -2.33. The van der Waals surface area contributed by atoms with Gasteiger partial charge in [0, 0.05) is 120 Å². The first-order valence-corrected chi connectivity index (χ1v) is 22.4. The predicted octanol–water partition coefficient (Wildman–Crippen LogP) is 4.62. The average molecular weight is 908 g/mol. The van der Waals surface area contributed by atoms with Crippen molar-refractivity contribution < 1.29 is 28.6 Å². The molecule has 0 saturated carbocycles. The number of carbonyl (C=O) groups excluding carboxylic acids is 3. The van der Waals surface area contributed by atoms with E-state index >= 15 is 0 Å². The highest BCUT2D eigenvalue weighted by atomic mass is 16.5. The van der Waals surface area contributed by atoms with Crippen LogP contribution in [0.3, 0.4) is 0 Å². The van der Waals surface area contributed by atoms with Gasteiger partial charge in [-0.3, -0.25) is 24.0 Å². The highest BCUT2D eigenvalue weighted by molar-refractivity contribution is 6.00. The Balaban J connectivity index is 0.838. The van der Waals surface area contributed by atoms with Crippen LogP contribution in [0, 0.1) is 13.8 Å². The summed E-state index contributed by atoms with van der Waals surface area (Å²) in [4.78, 5) is 54.0. The van der Waals surface area contributed by atoms with Crippen molar-refractivity contribution in [3.05, 3.63) is 118 Å². The molecule has 19 heteroatoms. The smallest absolute Gasteiger partial charge is 0.272 e. The third-order valence-electron chi connectivity index (χ3n) is 12.4. The van der Waals surface area contributed by atoms with E-state index in [-0.39, 0.29) is 47.9 Å². The first-order chi connectivity index (χ1) is 32.5. The number of aromatic nitrogens is 8. The number of pyridine rings is 2. The Kier molecular flexibility index (Phi) is 12.9. The SMILES string of the molecule is COc1ccc(OC2CCN(c3nnc(C(=O)NCc4nn(C)cc4-c4cc5c(cc4OC4CCN(c6nnc(C(=O)NCc7ccncc7)cc6C)CC4)C(=O)N(C)C5)cc3C)CC2)cn1. The minimum atomic E-state index is -0.373. The summed E-state index contributed by atoms with van der Waals surface area (Å²) in [5.41, 5.74) is 6.80. The molecule has 0 radical (unpaired) electrons. The van der Waals surface area contributed by atoms with E-state index in [1.54, 1.807) is 60.5 Å². The molecule has 6 aromatic rings. The highest BCUT2D eigenvalue weighted by Crippen LogP contribution is 2.39. The number of nitrogens with one attached hydrogen (secondary N) is 2. The number of nitrogens with zero attached hydrogens (tertiary/aromatic N) is 11. The number of amides is 3. The van der Waals surface area contributed by atoms with Crippen molar-refractivity contribution in [1.82, 2.24) is 55.7 Å². The fourth-order valence-corrected chi connectivity index (χ4v) is 8.82. The van der Waals surface area contributed by atoms with E-state index in [2.05, 4.69) is 50.8 Å². The van der Waals surface area contributed by atoms with E-state index in [1.807, 2.05) is 57.4 Å². The molecule has 346 valence electrons.